The fraction of sp³-hybridized carbons (Fsp3) is 0.308. The average Bonchev–Trinajstić information content (AvgIpc) is 2.72. The maximum atomic E-state index is 6.07. The lowest BCUT2D eigenvalue weighted by molar-refractivity contribution is 0.234. The first-order valence-electron chi connectivity index (χ1n) is 10.2. The largest absolute Gasteiger partial charge is 0.489 e. The predicted molar refractivity (Wildman–Crippen MR) is 121 cm³/mol. The van der Waals surface area contributed by atoms with Crippen molar-refractivity contribution in [3.8, 4) is 11.5 Å². The van der Waals surface area contributed by atoms with Gasteiger partial charge in [0.1, 0.15) is 24.2 Å². The van der Waals surface area contributed by atoms with Crippen molar-refractivity contribution >= 4 is 5.69 Å². The molecule has 3 aromatic carbocycles. The van der Waals surface area contributed by atoms with Crippen molar-refractivity contribution in [3.05, 3.63) is 90.0 Å². The quantitative estimate of drug-likeness (QED) is 0.481. The molecular weight excluding hydrogens is 358 g/mol. The van der Waals surface area contributed by atoms with Gasteiger partial charge in [-0.15, -0.1) is 0 Å². The SMILES string of the molecule is C[C@@H](CNc1ccccc1OCc1ccccc1)Oc1ccc(C(C)(C)C)cc1. The Kier molecular flexibility index (Phi) is 6.82. The molecule has 0 saturated carbocycles. The molecule has 152 valence electrons. The highest BCUT2D eigenvalue weighted by Gasteiger charge is 2.13. The lowest BCUT2D eigenvalue weighted by Crippen LogP contribution is -2.23. The van der Waals surface area contributed by atoms with Gasteiger partial charge < -0.3 is 14.8 Å². The Morgan fingerprint density at radius 3 is 2.17 bits per heavy atom. The third-order valence-corrected chi connectivity index (χ3v) is 4.76. The van der Waals surface area contributed by atoms with Crippen molar-refractivity contribution in [2.45, 2.75) is 45.8 Å². The van der Waals surface area contributed by atoms with Crippen LogP contribution in [-0.2, 0) is 12.0 Å². The fourth-order valence-electron chi connectivity index (χ4n) is 3.04. The second kappa shape index (κ2) is 9.51. The maximum Gasteiger partial charge on any atom is 0.142 e. The second-order valence-corrected chi connectivity index (χ2v) is 8.35. The van der Waals surface area contributed by atoms with Crippen LogP contribution in [0.1, 0.15) is 38.8 Å². The van der Waals surface area contributed by atoms with Crippen molar-refractivity contribution in [1.29, 1.82) is 0 Å². The third-order valence-electron chi connectivity index (χ3n) is 4.76. The normalized spacial score (nSPS) is 12.3. The highest BCUT2D eigenvalue weighted by atomic mass is 16.5. The number of hydrogen-bond acceptors (Lipinski definition) is 3. The minimum absolute atomic E-state index is 0.0256. The fourth-order valence-corrected chi connectivity index (χ4v) is 3.04. The zero-order valence-electron chi connectivity index (χ0n) is 17.8. The average molecular weight is 390 g/mol. The number of anilines is 1. The molecule has 0 amide bonds. The summed E-state index contributed by atoms with van der Waals surface area (Å²) in [7, 11) is 0. The summed E-state index contributed by atoms with van der Waals surface area (Å²) < 4.78 is 12.1. The number of hydrogen-bond donors (Lipinski definition) is 1. The van der Waals surface area contributed by atoms with E-state index in [0.717, 1.165) is 22.7 Å². The molecule has 0 aromatic heterocycles. The van der Waals surface area contributed by atoms with Crippen LogP contribution in [0.4, 0.5) is 5.69 Å². The first-order valence-corrected chi connectivity index (χ1v) is 10.2. The van der Waals surface area contributed by atoms with E-state index in [2.05, 4.69) is 57.3 Å². The molecular formula is C26H31NO2. The molecule has 0 spiro atoms. The minimum Gasteiger partial charge on any atom is -0.489 e. The van der Waals surface area contributed by atoms with Crippen molar-refractivity contribution < 1.29 is 9.47 Å². The second-order valence-electron chi connectivity index (χ2n) is 8.35. The number of rotatable bonds is 8. The summed E-state index contributed by atoms with van der Waals surface area (Å²) in [4.78, 5) is 0. The molecule has 3 heteroatoms. The molecule has 0 saturated heterocycles. The van der Waals surface area contributed by atoms with Crippen LogP contribution >= 0.6 is 0 Å². The Morgan fingerprint density at radius 1 is 0.828 bits per heavy atom. The number of ether oxygens (including phenoxy) is 2. The summed E-state index contributed by atoms with van der Waals surface area (Å²) in [5.41, 5.74) is 3.58. The van der Waals surface area contributed by atoms with Crippen LogP contribution in [0.2, 0.25) is 0 Å². The minimum atomic E-state index is 0.0256. The Balaban J connectivity index is 1.54. The zero-order valence-corrected chi connectivity index (χ0v) is 17.8. The zero-order chi connectivity index (χ0) is 20.7. The van der Waals surface area contributed by atoms with E-state index in [1.807, 2.05) is 54.6 Å². The third kappa shape index (κ3) is 6.28. The van der Waals surface area contributed by atoms with Gasteiger partial charge in [-0.1, -0.05) is 75.4 Å². The summed E-state index contributed by atoms with van der Waals surface area (Å²) in [6.07, 6.45) is 0.0256. The molecule has 0 aliphatic rings. The molecule has 0 heterocycles. The number of nitrogens with one attached hydrogen (secondary N) is 1. The molecule has 0 radical (unpaired) electrons. The van der Waals surface area contributed by atoms with E-state index in [-0.39, 0.29) is 11.5 Å². The van der Waals surface area contributed by atoms with Crippen molar-refractivity contribution in [2.75, 3.05) is 11.9 Å². The molecule has 0 aliphatic heterocycles. The van der Waals surface area contributed by atoms with Gasteiger partial charge in [0.05, 0.1) is 12.2 Å². The van der Waals surface area contributed by atoms with Crippen LogP contribution in [-0.4, -0.2) is 12.6 Å². The van der Waals surface area contributed by atoms with Gasteiger partial charge >= 0.3 is 0 Å². The van der Waals surface area contributed by atoms with Gasteiger partial charge in [-0.25, -0.2) is 0 Å². The van der Waals surface area contributed by atoms with Gasteiger partial charge in [0.25, 0.3) is 0 Å². The molecule has 0 fully saturated rings. The Hall–Kier alpha value is -2.94. The van der Waals surface area contributed by atoms with E-state index in [1.165, 1.54) is 5.56 Å². The van der Waals surface area contributed by atoms with Crippen molar-refractivity contribution in [2.24, 2.45) is 0 Å². The van der Waals surface area contributed by atoms with E-state index in [4.69, 9.17) is 9.47 Å². The lowest BCUT2D eigenvalue weighted by Gasteiger charge is -2.21. The van der Waals surface area contributed by atoms with Gasteiger partial charge in [0.15, 0.2) is 0 Å². The molecule has 0 unspecified atom stereocenters. The van der Waals surface area contributed by atoms with E-state index in [1.54, 1.807) is 0 Å². The van der Waals surface area contributed by atoms with Gasteiger partial charge in [-0.3, -0.25) is 0 Å². The Labute approximate surface area is 174 Å². The predicted octanol–water partition coefficient (Wildman–Crippen LogP) is 6.44. The van der Waals surface area contributed by atoms with E-state index in [0.29, 0.717) is 13.2 Å². The van der Waals surface area contributed by atoms with Crippen molar-refractivity contribution in [1.82, 2.24) is 0 Å². The lowest BCUT2D eigenvalue weighted by atomic mass is 9.87. The van der Waals surface area contributed by atoms with Crippen molar-refractivity contribution in [3.63, 3.8) is 0 Å². The molecule has 3 nitrogen and oxygen atoms in total. The summed E-state index contributed by atoms with van der Waals surface area (Å²) in [6, 6.07) is 26.6. The summed E-state index contributed by atoms with van der Waals surface area (Å²) in [5, 5.41) is 3.46. The molecule has 0 bridgehead atoms. The molecule has 1 atom stereocenters. The molecule has 3 rings (SSSR count). The van der Waals surface area contributed by atoms with Crippen LogP contribution in [0.15, 0.2) is 78.9 Å². The Bertz CT molecular complexity index is 883. The van der Waals surface area contributed by atoms with Gasteiger partial charge in [-0.05, 0) is 47.7 Å². The van der Waals surface area contributed by atoms with Crippen LogP contribution in [0.25, 0.3) is 0 Å². The van der Waals surface area contributed by atoms with E-state index >= 15 is 0 Å². The highest BCUT2D eigenvalue weighted by molar-refractivity contribution is 5.56. The first-order chi connectivity index (χ1) is 13.9. The smallest absolute Gasteiger partial charge is 0.142 e. The van der Waals surface area contributed by atoms with E-state index < -0.39 is 0 Å². The summed E-state index contributed by atoms with van der Waals surface area (Å²) >= 11 is 0. The Morgan fingerprint density at radius 2 is 1.48 bits per heavy atom. The summed E-state index contributed by atoms with van der Waals surface area (Å²) in [6.45, 7) is 9.95. The standard InChI is InChI=1S/C26H31NO2/c1-20(29-23-16-14-22(15-17-23)26(2,3)4)18-27-24-12-8-9-13-25(24)28-19-21-10-6-5-7-11-21/h5-17,20,27H,18-19H2,1-4H3/t20-/m0/s1. The van der Waals surface area contributed by atoms with Gasteiger partial charge in [0.2, 0.25) is 0 Å². The van der Waals surface area contributed by atoms with Gasteiger partial charge in [-0.2, -0.15) is 0 Å². The molecule has 29 heavy (non-hydrogen) atoms. The van der Waals surface area contributed by atoms with Crippen LogP contribution in [0.5, 0.6) is 11.5 Å². The molecule has 1 N–H and O–H groups in total. The number of benzene rings is 3. The van der Waals surface area contributed by atoms with E-state index in [9.17, 15) is 0 Å². The van der Waals surface area contributed by atoms with Crippen LogP contribution in [0, 0.1) is 0 Å². The van der Waals surface area contributed by atoms with Crippen LogP contribution in [0.3, 0.4) is 0 Å². The first kappa shape index (κ1) is 20.8. The highest BCUT2D eigenvalue weighted by Crippen LogP contribution is 2.26. The molecule has 3 aromatic rings. The van der Waals surface area contributed by atoms with Gasteiger partial charge in [0, 0.05) is 0 Å². The maximum absolute atomic E-state index is 6.07. The topological polar surface area (TPSA) is 30.5 Å². The van der Waals surface area contributed by atoms with Crippen LogP contribution < -0.4 is 14.8 Å². The number of para-hydroxylation sites is 2. The monoisotopic (exact) mass is 389 g/mol. The molecule has 0 aliphatic carbocycles. The summed E-state index contributed by atoms with van der Waals surface area (Å²) in [5.74, 6) is 1.74.